The van der Waals surface area contributed by atoms with Gasteiger partial charge in [-0.3, -0.25) is 0 Å². The van der Waals surface area contributed by atoms with E-state index in [0.29, 0.717) is 16.1 Å². The second-order valence-electron chi connectivity index (χ2n) is 4.55. The summed E-state index contributed by atoms with van der Waals surface area (Å²) in [4.78, 5) is 0. The Bertz CT molecular complexity index is 564. The van der Waals surface area contributed by atoms with E-state index in [0.717, 1.165) is 23.6 Å². The summed E-state index contributed by atoms with van der Waals surface area (Å²) in [6.45, 7) is 0.767. The molecule has 0 radical (unpaired) electrons. The third-order valence-electron chi connectivity index (χ3n) is 3.00. The fourth-order valence-corrected chi connectivity index (χ4v) is 2.22. The largest absolute Gasteiger partial charge is 1.00 e. The molecule has 1 aliphatic rings. The van der Waals surface area contributed by atoms with Crippen molar-refractivity contribution in [2.24, 2.45) is 0 Å². The van der Waals surface area contributed by atoms with E-state index in [1.807, 2.05) is 18.2 Å². The molecule has 2 nitrogen and oxygen atoms in total. The second-order valence-corrected chi connectivity index (χ2v) is 5.39. The van der Waals surface area contributed by atoms with Gasteiger partial charge in [-0.2, -0.15) is 0 Å². The van der Waals surface area contributed by atoms with Crippen LogP contribution in [0.5, 0.6) is 0 Å². The van der Waals surface area contributed by atoms with Crippen molar-refractivity contribution < 1.29 is 16.8 Å². The maximum absolute atomic E-state index is 6.14. The van der Waals surface area contributed by atoms with Crippen molar-refractivity contribution in [3.63, 3.8) is 0 Å². The molecule has 3 rings (SSSR count). The summed E-state index contributed by atoms with van der Waals surface area (Å²) in [5.74, 6) is 1.68. The molecule has 1 aliphatic carbocycles. The van der Waals surface area contributed by atoms with Gasteiger partial charge in [0.05, 0.1) is 11.6 Å². The average molecular weight is 318 g/mol. The van der Waals surface area contributed by atoms with E-state index in [9.17, 15) is 0 Å². The summed E-state index contributed by atoms with van der Waals surface area (Å²) in [5.41, 5.74) is 0.835. The molecule has 0 atom stereocenters. The molecular weight excluding hydrogens is 305 g/mol. The van der Waals surface area contributed by atoms with Crippen molar-refractivity contribution in [1.29, 1.82) is 0 Å². The smallest absolute Gasteiger partial charge is 0.135 e. The van der Waals surface area contributed by atoms with Crippen LogP contribution >= 0.6 is 23.2 Å². The minimum atomic E-state index is 0. The lowest BCUT2D eigenvalue weighted by molar-refractivity contribution is -0.00000402. The van der Waals surface area contributed by atoms with Crippen LogP contribution in [-0.2, 0) is 6.54 Å². The third-order valence-corrected chi connectivity index (χ3v) is 3.56. The predicted octanol–water partition coefficient (Wildman–Crippen LogP) is 1.51. The number of hydrogen-bond acceptors (Lipinski definition) is 2. The van der Waals surface area contributed by atoms with Gasteiger partial charge in [-0.05, 0) is 43.2 Å². The van der Waals surface area contributed by atoms with Gasteiger partial charge in [0.1, 0.15) is 11.5 Å². The van der Waals surface area contributed by atoms with Crippen molar-refractivity contribution >= 4 is 23.2 Å². The van der Waals surface area contributed by atoms with Gasteiger partial charge in [0, 0.05) is 16.6 Å². The summed E-state index contributed by atoms with van der Waals surface area (Å²) in [6, 6.07) is 9.95. The quantitative estimate of drug-likeness (QED) is 0.925. The molecule has 1 N–H and O–H groups in total. The van der Waals surface area contributed by atoms with Gasteiger partial charge in [0.2, 0.25) is 0 Å². The highest BCUT2D eigenvalue weighted by atomic mass is 35.5. The minimum Gasteiger partial charge on any atom is -1.00 e. The topological polar surface area (TPSA) is 25.2 Å². The lowest BCUT2D eigenvalue weighted by atomic mass is 10.2. The highest BCUT2D eigenvalue weighted by Gasteiger charge is 2.20. The molecule has 2 aromatic rings. The first-order chi connectivity index (χ1) is 8.72. The highest BCUT2D eigenvalue weighted by molar-refractivity contribution is 6.35. The van der Waals surface area contributed by atoms with Crippen molar-refractivity contribution in [2.75, 3.05) is 0 Å². The first-order valence-corrected chi connectivity index (χ1v) is 6.75. The monoisotopic (exact) mass is 316 g/mol. The van der Waals surface area contributed by atoms with Crippen LogP contribution in [0.1, 0.15) is 18.6 Å². The molecule has 1 heterocycles. The van der Waals surface area contributed by atoms with Gasteiger partial charge in [0.15, 0.2) is 0 Å². The molecule has 1 fully saturated rings. The molecule has 1 aromatic carbocycles. The van der Waals surface area contributed by atoms with Crippen molar-refractivity contribution in [2.45, 2.75) is 25.4 Å². The fourth-order valence-electron chi connectivity index (χ4n) is 1.84. The van der Waals surface area contributed by atoms with Gasteiger partial charge in [-0.25, -0.2) is 0 Å². The molecule has 19 heavy (non-hydrogen) atoms. The average Bonchev–Trinajstić information content (AvgIpc) is 3.08. The molecular formula is C14H13Cl3NO-. The van der Waals surface area contributed by atoms with Gasteiger partial charge < -0.3 is 22.1 Å². The normalized spacial score (nSPS) is 14.2. The van der Waals surface area contributed by atoms with Crippen molar-refractivity contribution in [1.82, 2.24) is 5.32 Å². The first-order valence-electron chi connectivity index (χ1n) is 6.00. The highest BCUT2D eigenvalue weighted by Crippen LogP contribution is 2.32. The standard InChI is InChI=1S/C14H13Cl2NO.ClH/c15-9-1-5-13(16)12(7-9)14-6-4-11(18-14)8-17-10-2-3-10;/h1,4-7,10,17H,2-3,8H2;1H/p-1. The van der Waals surface area contributed by atoms with Gasteiger partial charge in [0.25, 0.3) is 0 Å². The molecule has 1 saturated carbocycles. The number of rotatable bonds is 4. The Hall–Kier alpha value is -0.670. The Kier molecular flexibility index (Phi) is 4.80. The number of benzene rings is 1. The Balaban J connectivity index is 0.00000133. The molecule has 0 bridgehead atoms. The molecule has 1 aromatic heterocycles. The SMILES string of the molecule is Clc1ccc(Cl)c(-c2ccc(CNC3CC3)o2)c1.[Cl-]. The van der Waals surface area contributed by atoms with Crippen LogP contribution in [0.3, 0.4) is 0 Å². The molecule has 0 unspecified atom stereocenters. The fraction of sp³-hybridized carbons (Fsp3) is 0.286. The van der Waals surface area contributed by atoms with E-state index in [-0.39, 0.29) is 12.4 Å². The van der Waals surface area contributed by atoms with E-state index in [2.05, 4.69) is 5.32 Å². The summed E-state index contributed by atoms with van der Waals surface area (Å²) in [5, 5.41) is 4.72. The van der Waals surface area contributed by atoms with Gasteiger partial charge in [-0.1, -0.05) is 23.2 Å². The van der Waals surface area contributed by atoms with E-state index >= 15 is 0 Å². The molecule has 0 aliphatic heterocycles. The van der Waals surface area contributed by atoms with Crippen LogP contribution in [0, 0.1) is 0 Å². The molecule has 0 amide bonds. The van der Waals surface area contributed by atoms with Crippen molar-refractivity contribution in [3.05, 3.63) is 46.1 Å². The van der Waals surface area contributed by atoms with Crippen LogP contribution in [0.15, 0.2) is 34.7 Å². The van der Waals surface area contributed by atoms with Crippen LogP contribution in [0.25, 0.3) is 11.3 Å². The molecule has 102 valence electrons. The molecule has 5 heteroatoms. The Morgan fingerprint density at radius 2 is 1.95 bits per heavy atom. The van der Waals surface area contributed by atoms with E-state index < -0.39 is 0 Å². The van der Waals surface area contributed by atoms with E-state index in [4.69, 9.17) is 27.6 Å². The third kappa shape index (κ3) is 3.67. The number of halogens is 3. The maximum atomic E-state index is 6.14. The maximum Gasteiger partial charge on any atom is 0.135 e. The van der Waals surface area contributed by atoms with Gasteiger partial charge in [-0.15, -0.1) is 0 Å². The zero-order chi connectivity index (χ0) is 12.5. The van der Waals surface area contributed by atoms with Crippen LogP contribution in [-0.4, -0.2) is 6.04 Å². The molecule has 0 saturated heterocycles. The first kappa shape index (κ1) is 14.7. The van der Waals surface area contributed by atoms with E-state index in [1.54, 1.807) is 12.1 Å². The zero-order valence-electron chi connectivity index (χ0n) is 10.1. The van der Waals surface area contributed by atoms with Crippen LogP contribution in [0.2, 0.25) is 10.0 Å². The van der Waals surface area contributed by atoms with E-state index in [1.165, 1.54) is 12.8 Å². The summed E-state index contributed by atoms with van der Waals surface area (Å²) in [6.07, 6.45) is 2.54. The number of hydrogen-bond donors (Lipinski definition) is 1. The Morgan fingerprint density at radius 3 is 2.68 bits per heavy atom. The summed E-state index contributed by atoms with van der Waals surface area (Å²) < 4.78 is 5.78. The summed E-state index contributed by atoms with van der Waals surface area (Å²) >= 11 is 12.1. The molecule has 0 spiro atoms. The van der Waals surface area contributed by atoms with Crippen molar-refractivity contribution in [3.8, 4) is 11.3 Å². The predicted molar refractivity (Wildman–Crippen MR) is 74.0 cm³/mol. The van der Waals surface area contributed by atoms with Crippen LogP contribution in [0.4, 0.5) is 0 Å². The Labute approximate surface area is 128 Å². The lowest BCUT2D eigenvalue weighted by Crippen LogP contribution is -3.00. The minimum absolute atomic E-state index is 0. The van der Waals surface area contributed by atoms with Gasteiger partial charge >= 0.3 is 0 Å². The Morgan fingerprint density at radius 1 is 1.16 bits per heavy atom. The van der Waals surface area contributed by atoms with Crippen LogP contribution < -0.4 is 17.7 Å². The number of furan rings is 1. The number of nitrogens with one attached hydrogen (secondary N) is 1. The zero-order valence-corrected chi connectivity index (χ0v) is 12.4. The summed E-state index contributed by atoms with van der Waals surface area (Å²) in [7, 11) is 0. The lowest BCUT2D eigenvalue weighted by Gasteiger charge is -2.02. The second kappa shape index (κ2) is 6.19.